The summed E-state index contributed by atoms with van der Waals surface area (Å²) in [4.78, 5) is 26.1. The molecule has 28 heavy (non-hydrogen) atoms. The van der Waals surface area contributed by atoms with Crippen LogP contribution in [0.2, 0.25) is 0 Å². The maximum absolute atomic E-state index is 12.7. The molecule has 0 radical (unpaired) electrons. The molecule has 0 fully saturated rings. The van der Waals surface area contributed by atoms with Gasteiger partial charge in [0.25, 0.3) is 5.91 Å². The van der Waals surface area contributed by atoms with Gasteiger partial charge in [-0.2, -0.15) is 10.5 Å². The quantitative estimate of drug-likeness (QED) is 0.655. The maximum Gasteiger partial charge on any atom is 0.344 e. The molecule has 1 unspecified atom stereocenters. The molecule has 2 rings (SSSR count). The van der Waals surface area contributed by atoms with Gasteiger partial charge in [0.1, 0.15) is 5.75 Å². The van der Waals surface area contributed by atoms with Crippen LogP contribution in [-0.2, 0) is 14.3 Å². The summed E-state index contributed by atoms with van der Waals surface area (Å²) in [5, 5.41) is 17.6. The Hall–Kier alpha value is -3.84. The summed E-state index contributed by atoms with van der Waals surface area (Å²) in [7, 11) is 0. The van der Waals surface area contributed by atoms with Crippen molar-refractivity contribution in [2.24, 2.45) is 0 Å². The average molecular weight is 377 g/mol. The molecule has 1 amide bonds. The van der Waals surface area contributed by atoms with Gasteiger partial charge in [-0.05, 0) is 43.3 Å². The van der Waals surface area contributed by atoms with E-state index in [1.165, 1.54) is 11.8 Å². The summed E-state index contributed by atoms with van der Waals surface area (Å²) in [5.41, 5.74) is 1.10. The first kappa shape index (κ1) is 20.5. The lowest BCUT2D eigenvalue weighted by Crippen LogP contribution is -2.41. The Morgan fingerprint density at radius 1 is 1.07 bits per heavy atom. The van der Waals surface area contributed by atoms with Gasteiger partial charge in [-0.15, -0.1) is 0 Å². The van der Waals surface area contributed by atoms with Crippen LogP contribution in [0.4, 0.5) is 5.69 Å². The van der Waals surface area contributed by atoms with E-state index < -0.39 is 18.0 Å². The highest BCUT2D eigenvalue weighted by Crippen LogP contribution is 2.16. The third kappa shape index (κ3) is 5.86. The summed E-state index contributed by atoms with van der Waals surface area (Å²) in [6.07, 6.45) is -0.876. The van der Waals surface area contributed by atoms with Crippen molar-refractivity contribution in [1.82, 2.24) is 0 Å². The first-order valence-corrected chi connectivity index (χ1v) is 8.61. The van der Waals surface area contributed by atoms with Gasteiger partial charge in [-0.25, -0.2) is 4.79 Å². The summed E-state index contributed by atoms with van der Waals surface area (Å²) in [6.45, 7) is 1.31. The molecule has 0 saturated heterocycles. The Balaban J connectivity index is 1.94. The number of nitrogens with zero attached hydrogens (tertiary/aromatic N) is 3. The topological polar surface area (TPSA) is 103 Å². The second kappa shape index (κ2) is 10.3. The van der Waals surface area contributed by atoms with Gasteiger partial charge in [0.15, 0.2) is 12.7 Å². The van der Waals surface area contributed by atoms with Gasteiger partial charge < -0.3 is 14.4 Å². The minimum absolute atomic E-state index is 0.156. The van der Waals surface area contributed by atoms with Crippen LogP contribution < -0.4 is 9.64 Å². The van der Waals surface area contributed by atoms with E-state index in [0.717, 1.165) is 0 Å². The predicted octanol–water partition coefficient (Wildman–Crippen LogP) is 2.82. The van der Waals surface area contributed by atoms with Crippen molar-refractivity contribution in [1.29, 1.82) is 10.5 Å². The number of rotatable bonds is 8. The highest BCUT2D eigenvalue weighted by atomic mass is 16.6. The third-order valence-electron chi connectivity index (χ3n) is 3.78. The number of ether oxygens (including phenoxy) is 2. The van der Waals surface area contributed by atoms with E-state index >= 15 is 0 Å². The van der Waals surface area contributed by atoms with Crippen LogP contribution in [0.1, 0.15) is 18.9 Å². The second-order valence-corrected chi connectivity index (χ2v) is 5.79. The molecule has 0 aliphatic heterocycles. The van der Waals surface area contributed by atoms with Gasteiger partial charge in [-0.3, -0.25) is 4.79 Å². The van der Waals surface area contributed by atoms with Crippen molar-refractivity contribution in [2.45, 2.75) is 19.4 Å². The Bertz CT molecular complexity index is 883. The van der Waals surface area contributed by atoms with E-state index in [9.17, 15) is 9.59 Å². The third-order valence-corrected chi connectivity index (χ3v) is 3.78. The van der Waals surface area contributed by atoms with Gasteiger partial charge >= 0.3 is 5.97 Å². The normalized spacial score (nSPS) is 10.8. The van der Waals surface area contributed by atoms with Crippen LogP contribution >= 0.6 is 0 Å². The van der Waals surface area contributed by atoms with Gasteiger partial charge in [-0.1, -0.05) is 18.2 Å². The molecule has 0 spiro atoms. The monoisotopic (exact) mass is 377 g/mol. The van der Waals surface area contributed by atoms with E-state index in [1.54, 1.807) is 48.5 Å². The molecular weight excluding hydrogens is 358 g/mol. The van der Waals surface area contributed by atoms with Crippen molar-refractivity contribution in [3.05, 3.63) is 60.2 Å². The van der Waals surface area contributed by atoms with Crippen LogP contribution in [0.25, 0.3) is 0 Å². The lowest BCUT2D eigenvalue weighted by Gasteiger charge is -2.25. The fourth-order valence-electron chi connectivity index (χ4n) is 2.41. The molecule has 0 heterocycles. The Morgan fingerprint density at radius 2 is 1.75 bits per heavy atom. The average Bonchev–Trinajstić information content (AvgIpc) is 2.73. The molecule has 0 aliphatic rings. The molecule has 0 aliphatic carbocycles. The molecular formula is C21H19N3O4. The Morgan fingerprint density at radius 3 is 2.36 bits per heavy atom. The maximum atomic E-state index is 12.7. The summed E-state index contributed by atoms with van der Waals surface area (Å²) < 4.78 is 10.5. The number of amides is 1. The van der Waals surface area contributed by atoms with Crippen molar-refractivity contribution in [2.75, 3.05) is 18.1 Å². The molecule has 0 N–H and O–H groups in total. The molecule has 0 bridgehead atoms. The number of hydrogen-bond donors (Lipinski definition) is 0. The first-order chi connectivity index (χ1) is 13.5. The van der Waals surface area contributed by atoms with Gasteiger partial charge in [0.05, 0.1) is 24.1 Å². The van der Waals surface area contributed by atoms with Crippen LogP contribution in [0.5, 0.6) is 5.75 Å². The van der Waals surface area contributed by atoms with Crippen LogP contribution in [-0.4, -0.2) is 31.1 Å². The van der Waals surface area contributed by atoms with Crippen LogP contribution in [0, 0.1) is 22.7 Å². The van der Waals surface area contributed by atoms with Gasteiger partial charge in [0.2, 0.25) is 0 Å². The van der Waals surface area contributed by atoms with Crippen LogP contribution in [0.15, 0.2) is 54.6 Å². The number of hydrogen-bond acceptors (Lipinski definition) is 6. The molecule has 0 aromatic heterocycles. The van der Waals surface area contributed by atoms with E-state index in [0.29, 0.717) is 17.0 Å². The highest BCUT2D eigenvalue weighted by molar-refractivity contribution is 5.97. The minimum atomic E-state index is -1.03. The molecule has 1 atom stereocenters. The fourth-order valence-corrected chi connectivity index (χ4v) is 2.41. The number of anilines is 1. The first-order valence-electron chi connectivity index (χ1n) is 8.61. The van der Waals surface area contributed by atoms with Crippen molar-refractivity contribution in [3.8, 4) is 17.9 Å². The number of carbonyl (C=O) groups is 2. The zero-order chi connectivity index (χ0) is 20.4. The number of carbonyl (C=O) groups excluding carboxylic acids is 2. The smallest absolute Gasteiger partial charge is 0.344 e. The number of esters is 1. The summed E-state index contributed by atoms with van der Waals surface area (Å²) in [6, 6.07) is 19.1. The Kier molecular flexibility index (Phi) is 7.56. The standard InChI is InChI=1S/C21H19N3O4/c1-16(21(26)24(13-5-12-22)18-6-3-2-4-7-18)28-20(25)15-27-19-10-8-17(14-23)9-11-19/h2-4,6-11,16H,5,13,15H2,1H3. The molecule has 2 aromatic carbocycles. The van der Waals surface area contributed by atoms with Crippen molar-refractivity contribution < 1.29 is 19.1 Å². The van der Waals surface area contributed by atoms with Crippen molar-refractivity contribution in [3.63, 3.8) is 0 Å². The highest BCUT2D eigenvalue weighted by Gasteiger charge is 2.25. The number of nitriles is 2. The molecule has 0 saturated carbocycles. The lowest BCUT2D eigenvalue weighted by atomic mass is 10.2. The lowest BCUT2D eigenvalue weighted by molar-refractivity contribution is -0.155. The van der Waals surface area contributed by atoms with E-state index in [4.69, 9.17) is 20.0 Å². The van der Waals surface area contributed by atoms with E-state index in [-0.39, 0.29) is 19.6 Å². The van der Waals surface area contributed by atoms with Crippen molar-refractivity contribution >= 4 is 17.6 Å². The van der Waals surface area contributed by atoms with E-state index in [1.807, 2.05) is 18.2 Å². The zero-order valence-corrected chi connectivity index (χ0v) is 15.4. The number of benzene rings is 2. The molecule has 142 valence electrons. The molecule has 7 nitrogen and oxygen atoms in total. The zero-order valence-electron chi connectivity index (χ0n) is 15.4. The molecule has 2 aromatic rings. The largest absolute Gasteiger partial charge is 0.482 e. The van der Waals surface area contributed by atoms with E-state index in [2.05, 4.69) is 0 Å². The number of para-hydroxylation sites is 1. The van der Waals surface area contributed by atoms with Gasteiger partial charge in [0, 0.05) is 12.2 Å². The summed E-state index contributed by atoms with van der Waals surface area (Å²) >= 11 is 0. The minimum Gasteiger partial charge on any atom is -0.482 e. The van der Waals surface area contributed by atoms with Crippen LogP contribution in [0.3, 0.4) is 0 Å². The second-order valence-electron chi connectivity index (χ2n) is 5.79. The Labute approximate surface area is 163 Å². The predicted molar refractivity (Wildman–Crippen MR) is 101 cm³/mol. The summed E-state index contributed by atoms with van der Waals surface area (Å²) in [5.74, 6) is -0.707. The fraction of sp³-hybridized carbons (Fsp3) is 0.238. The molecule has 7 heteroatoms. The SMILES string of the molecule is CC(OC(=O)COc1ccc(C#N)cc1)C(=O)N(CCC#N)c1ccccc1.